The topological polar surface area (TPSA) is 41.6 Å². The van der Waals surface area contributed by atoms with E-state index in [4.69, 9.17) is 4.74 Å². The predicted octanol–water partition coefficient (Wildman–Crippen LogP) is 1.40. The number of rotatable bonds is 5. The zero-order chi connectivity index (χ0) is 12.5. The zero-order valence-corrected chi connectivity index (χ0v) is 11.2. The summed E-state index contributed by atoms with van der Waals surface area (Å²) in [5.41, 5.74) is 0. The summed E-state index contributed by atoms with van der Waals surface area (Å²) < 4.78 is 5.00. The van der Waals surface area contributed by atoms with Crippen molar-refractivity contribution in [3.63, 3.8) is 0 Å². The van der Waals surface area contributed by atoms with Crippen LogP contribution in [0.15, 0.2) is 0 Å². The van der Waals surface area contributed by atoms with Crippen LogP contribution in [0.3, 0.4) is 0 Å². The van der Waals surface area contributed by atoms with Crippen LogP contribution in [0.1, 0.15) is 39.0 Å². The highest BCUT2D eigenvalue weighted by Crippen LogP contribution is 2.09. The number of nitrogens with one attached hydrogen (secondary N) is 1. The van der Waals surface area contributed by atoms with Crippen molar-refractivity contribution >= 4 is 5.91 Å². The molecular formula is C13H26N2O2. The first-order valence-corrected chi connectivity index (χ1v) is 6.73. The lowest BCUT2D eigenvalue weighted by molar-refractivity contribution is -0.123. The highest BCUT2D eigenvalue weighted by Gasteiger charge is 2.13. The second-order valence-corrected chi connectivity index (χ2v) is 4.97. The van der Waals surface area contributed by atoms with Gasteiger partial charge in [-0.2, -0.15) is 0 Å². The summed E-state index contributed by atoms with van der Waals surface area (Å²) >= 11 is 0. The Morgan fingerprint density at radius 2 is 1.82 bits per heavy atom. The van der Waals surface area contributed by atoms with Crippen molar-refractivity contribution in [3.8, 4) is 0 Å². The molecule has 0 bridgehead atoms. The molecule has 1 aliphatic heterocycles. The van der Waals surface area contributed by atoms with Crippen LogP contribution in [0, 0.1) is 0 Å². The van der Waals surface area contributed by atoms with Gasteiger partial charge in [-0.25, -0.2) is 0 Å². The fraction of sp³-hybridized carbons (Fsp3) is 0.923. The molecule has 0 radical (unpaired) electrons. The number of ether oxygens (including phenoxy) is 1. The molecule has 1 rings (SSSR count). The fourth-order valence-electron chi connectivity index (χ4n) is 2.29. The smallest absolute Gasteiger partial charge is 0.234 e. The Morgan fingerprint density at radius 3 is 2.41 bits per heavy atom. The van der Waals surface area contributed by atoms with Crippen LogP contribution in [-0.2, 0) is 9.53 Å². The second-order valence-electron chi connectivity index (χ2n) is 4.97. The molecule has 1 unspecified atom stereocenters. The van der Waals surface area contributed by atoms with Gasteiger partial charge in [0.25, 0.3) is 0 Å². The van der Waals surface area contributed by atoms with Gasteiger partial charge in [0, 0.05) is 13.2 Å². The molecular weight excluding hydrogens is 216 g/mol. The molecule has 0 saturated carbocycles. The maximum Gasteiger partial charge on any atom is 0.234 e. The quantitative estimate of drug-likeness (QED) is 0.792. The molecule has 4 heteroatoms. The van der Waals surface area contributed by atoms with Gasteiger partial charge in [-0.1, -0.05) is 19.3 Å². The summed E-state index contributed by atoms with van der Waals surface area (Å²) in [5, 5.41) is 2.96. The van der Waals surface area contributed by atoms with Crippen LogP contribution in [-0.4, -0.2) is 50.2 Å². The molecule has 0 spiro atoms. The van der Waals surface area contributed by atoms with E-state index in [2.05, 4.69) is 10.2 Å². The van der Waals surface area contributed by atoms with Gasteiger partial charge in [0.1, 0.15) is 0 Å². The van der Waals surface area contributed by atoms with E-state index in [9.17, 15) is 4.79 Å². The van der Waals surface area contributed by atoms with Crippen LogP contribution in [0.25, 0.3) is 0 Å². The monoisotopic (exact) mass is 242 g/mol. The minimum atomic E-state index is 0.0993. The molecule has 0 aliphatic carbocycles. The third kappa shape index (κ3) is 6.64. The van der Waals surface area contributed by atoms with E-state index >= 15 is 0 Å². The Hall–Kier alpha value is -0.610. The minimum Gasteiger partial charge on any atom is -0.383 e. The van der Waals surface area contributed by atoms with Crippen LogP contribution >= 0.6 is 0 Å². The molecule has 1 aliphatic rings. The normalized spacial score (nSPS) is 20.4. The van der Waals surface area contributed by atoms with Crippen molar-refractivity contribution in [2.75, 3.05) is 33.4 Å². The van der Waals surface area contributed by atoms with Gasteiger partial charge in [-0.15, -0.1) is 0 Å². The van der Waals surface area contributed by atoms with E-state index in [-0.39, 0.29) is 11.9 Å². The first kappa shape index (κ1) is 14.5. The molecule has 1 amide bonds. The van der Waals surface area contributed by atoms with Gasteiger partial charge in [0.15, 0.2) is 0 Å². The number of nitrogens with zero attached hydrogens (tertiary/aromatic N) is 1. The van der Waals surface area contributed by atoms with E-state index in [1.165, 1.54) is 32.1 Å². The lowest BCUT2D eigenvalue weighted by Crippen LogP contribution is -2.43. The molecule has 1 saturated heterocycles. The number of carbonyl (C=O) groups is 1. The predicted molar refractivity (Wildman–Crippen MR) is 69.0 cm³/mol. The molecule has 1 fully saturated rings. The molecule has 100 valence electrons. The van der Waals surface area contributed by atoms with Crippen LogP contribution < -0.4 is 5.32 Å². The summed E-state index contributed by atoms with van der Waals surface area (Å²) in [5.74, 6) is 0.120. The number of carbonyl (C=O) groups excluding carboxylic acids is 1. The van der Waals surface area contributed by atoms with Gasteiger partial charge >= 0.3 is 0 Å². The van der Waals surface area contributed by atoms with E-state index in [1.54, 1.807) is 7.11 Å². The maximum atomic E-state index is 11.8. The molecule has 1 N–H and O–H groups in total. The van der Waals surface area contributed by atoms with Crippen molar-refractivity contribution in [1.29, 1.82) is 0 Å². The summed E-state index contributed by atoms with van der Waals surface area (Å²) in [6.07, 6.45) is 6.41. The Balaban J connectivity index is 2.23. The third-order valence-corrected chi connectivity index (χ3v) is 3.14. The van der Waals surface area contributed by atoms with E-state index in [0.717, 1.165) is 13.1 Å². The summed E-state index contributed by atoms with van der Waals surface area (Å²) in [6, 6.07) is 0.0993. The van der Waals surface area contributed by atoms with Crippen molar-refractivity contribution in [2.24, 2.45) is 0 Å². The Bertz CT molecular complexity index is 213. The standard InChI is InChI=1S/C13H26N2O2/c1-12(11-17-2)14-13(16)10-15-8-6-4-3-5-7-9-15/h12H,3-11H2,1-2H3,(H,14,16). The first-order valence-electron chi connectivity index (χ1n) is 6.73. The Kier molecular flexibility index (Phi) is 7.21. The summed E-state index contributed by atoms with van der Waals surface area (Å²) in [4.78, 5) is 14.1. The molecule has 4 nitrogen and oxygen atoms in total. The van der Waals surface area contributed by atoms with Gasteiger partial charge in [-0.3, -0.25) is 9.69 Å². The highest BCUT2D eigenvalue weighted by molar-refractivity contribution is 5.78. The third-order valence-electron chi connectivity index (χ3n) is 3.14. The van der Waals surface area contributed by atoms with Crippen LogP contribution in [0.4, 0.5) is 0 Å². The zero-order valence-electron chi connectivity index (χ0n) is 11.2. The van der Waals surface area contributed by atoms with Crippen molar-refractivity contribution in [2.45, 2.75) is 45.1 Å². The van der Waals surface area contributed by atoms with Crippen LogP contribution in [0.5, 0.6) is 0 Å². The number of hydrogen-bond donors (Lipinski definition) is 1. The Labute approximate surface area is 105 Å². The Morgan fingerprint density at radius 1 is 1.24 bits per heavy atom. The SMILES string of the molecule is COCC(C)NC(=O)CN1CCCCCCC1. The van der Waals surface area contributed by atoms with Crippen molar-refractivity contribution in [1.82, 2.24) is 10.2 Å². The number of likely N-dealkylation sites (tertiary alicyclic amines) is 1. The van der Waals surface area contributed by atoms with E-state index in [1.807, 2.05) is 6.92 Å². The lowest BCUT2D eigenvalue weighted by atomic mass is 10.1. The van der Waals surface area contributed by atoms with Crippen molar-refractivity contribution in [3.05, 3.63) is 0 Å². The summed E-state index contributed by atoms with van der Waals surface area (Å²) in [6.45, 7) is 5.20. The molecule has 0 aromatic carbocycles. The highest BCUT2D eigenvalue weighted by atomic mass is 16.5. The largest absolute Gasteiger partial charge is 0.383 e. The van der Waals surface area contributed by atoms with Gasteiger partial charge in [0.2, 0.25) is 5.91 Å². The van der Waals surface area contributed by atoms with Gasteiger partial charge < -0.3 is 10.1 Å². The van der Waals surface area contributed by atoms with Crippen LogP contribution in [0.2, 0.25) is 0 Å². The number of methoxy groups -OCH3 is 1. The molecule has 1 atom stereocenters. The average molecular weight is 242 g/mol. The van der Waals surface area contributed by atoms with Gasteiger partial charge in [-0.05, 0) is 32.9 Å². The minimum absolute atomic E-state index is 0.0993. The molecule has 0 aromatic rings. The fourth-order valence-corrected chi connectivity index (χ4v) is 2.29. The van der Waals surface area contributed by atoms with Gasteiger partial charge in [0.05, 0.1) is 13.2 Å². The van der Waals surface area contributed by atoms with E-state index < -0.39 is 0 Å². The molecule has 1 heterocycles. The molecule has 17 heavy (non-hydrogen) atoms. The average Bonchev–Trinajstić information content (AvgIpc) is 2.22. The molecule has 0 aromatic heterocycles. The number of amides is 1. The first-order chi connectivity index (χ1) is 8.22. The maximum absolute atomic E-state index is 11.8. The summed E-state index contributed by atoms with van der Waals surface area (Å²) in [7, 11) is 1.65. The lowest BCUT2D eigenvalue weighted by Gasteiger charge is -2.24. The number of hydrogen-bond acceptors (Lipinski definition) is 3. The van der Waals surface area contributed by atoms with E-state index in [0.29, 0.717) is 13.2 Å². The second kappa shape index (κ2) is 8.48. The van der Waals surface area contributed by atoms with Crippen molar-refractivity contribution < 1.29 is 9.53 Å².